The second-order valence-electron chi connectivity index (χ2n) is 5.60. The summed E-state index contributed by atoms with van der Waals surface area (Å²) in [6.07, 6.45) is 3.11. The molecule has 2 aromatic heterocycles. The molecule has 0 radical (unpaired) electrons. The Hall–Kier alpha value is -2.56. The minimum Gasteiger partial charge on any atom is -0.273 e. The molecule has 0 aliphatic carbocycles. The second-order valence-corrected chi connectivity index (χ2v) is 6.45. The lowest BCUT2D eigenvalue weighted by Gasteiger charge is -2.10. The van der Waals surface area contributed by atoms with E-state index in [1.54, 1.807) is 38.7 Å². The number of aromatic nitrogens is 4. The molecule has 0 fully saturated rings. The summed E-state index contributed by atoms with van der Waals surface area (Å²) in [4.78, 5) is 22.7. The van der Waals surface area contributed by atoms with Crippen LogP contribution in [0.4, 0.5) is 5.69 Å². The van der Waals surface area contributed by atoms with Crippen LogP contribution in [-0.4, -0.2) is 36.6 Å². The average molecular weight is 412 g/mol. The van der Waals surface area contributed by atoms with Crippen LogP contribution < -0.4 is 5.43 Å². The molecular formula is C14H18BrN7O3. The summed E-state index contributed by atoms with van der Waals surface area (Å²) in [5.41, 5.74) is 3.89. The van der Waals surface area contributed by atoms with Gasteiger partial charge in [-0.05, 0) is 29.8 Å². The molecule has 0 spiro atoms. The summed E-state index contributed by atoms with van der Waals surface area (Å²) < 4.78 is 3.84. The van der Waals surface area contributed by atoms with E-state index in [0.29, 0.717) is 17.1 Å². The van der Waals surface area contributed by atoms with Crippen molar-refractivity contribution in [3.63, 3.8) is 0 Å². The maximum atomic E-state index is 12.1. The van der Waals surface area contributed by atoms with Crippen LogP contribution in [0.25, 0.3) is 0 Å². The number of nitrogens with zero attached hydrogens (tertiary/aromatic N) is 6. The van der Waals surface area contributed by atoms with E-state index < -0.39 is 10.8 Å². The Morgan fingerprint density at radius 2 is 2.24 bits per heavy atom. The van der Waals surface area contributed by atoms with Gasteiger partial charge in [0.05, 0.1) is 40.0 Å². The first-order chi connectivity index (χ1) is 11.7. The topological polar surface area (TPSA) is 120 Å². The highest BCUT2D eigenvalue weighted by atomic mass is 79.9. The Morgan fingerprint density at radius 3 is 2.76 bits per heavy atom. The highest BCUT2D eigenvalue weighted by Crippen LogP contribution is 2.22. The van der Waals surface area contributed by atoms with Crippen molar-refractivity contribution in [3.8, 4) is 0 Å². The van der Waals surface area contributed by atoms with Crippen LogP contribution in [0.5, 0.6) is 0 Å². The summed E-state index contributed by atoms with van der Waals surface area (Å²) in [7, 11) is 1.76. The third-order valence-corrected chi connectivity index (χ3v) is 4.33. The molecule has 0 saturated carbocycles. The molecule has 1 amide bonds. The van der Waals surface area contributed by atoms with Gasteiger partial charge in [-0.15, -0.1) is 0 Å². The minimum atomic E-state index is -0.468. The normalized spacial score (nSPS) is 12.5. The molecule has 0 aliphatic heterocycles. The van der Waals surface area contributed by atoms with Gasteiger partial charge in [0.1, 0.15) is 11.4 Å². The van der Waals surface area contributed by atoms with E-state index in [1.165, 1.54) is 10.9 Å². The number of halogens is 1. The molecule has 25 heavy (non-hydrogen) atoms. The number of rotatable bonds is 6. The molecule has 1 N–H and O–H groups in total. The fourth-order valence-electron chi connectivity index (χ4n) is 2.30. The minimum absolute atomic E-state index is 0.0216. The first-order valence-corrected chi connectivity index (χ1v) is 8.20. The molecule has 2 rings (SSSR count). The molecule has 0 aromatic carbocycles. The van der Waals surface area contributed by atoms with Crippen LogP contribution in [0.3, 0.4) is 0 Å². The number of hydrazone groups is 1. The van der Waals surface area contributed by atoms with Gasteiger partial charge in [0.25, 0.3) is 0 Å². The van der Waals surface area contributed by atoms with Gasteiger partial charge in [-0.2, -0.15) is 15.3 Å². The number of nitro groups is 1. The Kier molecular flexibility index (Phi) is 5.67. The third kappa shape index (κ3) is 4.10. The van der Waals surface area contributed by atoms with Crippen LogP contribution in [-0.2, 0) is 18.4 Å². The fraction of sp³-hybridized carbons (Fsp3) is 0.429. The van der Waals surface area contributed by atoms with Gasteiger partial charge >= 0.3 is 5.69 Å². The molecule has 1 atom stereocenters. The van der Waals surface area contributed by atoms with Crippen molar-refractivity contribution in [2.45, 2.75) is 27.3 Å². The summed E-state index contributed by atoms with van der Waals surface area (Å²) >= 11 is 3.33. The lowest BCUT2D eigenvalue weighted by molar-refractivity contribution is -0.386. The van der Waals surface area contributed by atoms with Crippen molar-refractivity contribution in [1.82, 2.24) is 25.0 Å². The number of hydrogen-bond acceptors (Lipinski definition) is 6. The van der Waals surface area contributed by atoms with E-state index in [0.717, 1.165) is 4.47 Å². The average Bonchev–Trinajstić information content (AvgIpc) is 2.99. The van der Waals surface area contributed by atoms with E-state index in [-0.39, 0.29) is 18.1 Å². The van der Waals surface area contributed by atoms with E-state index in [2.05, 4.69) is 36.7 Å². The molecule has 0 saturated heterocycles. The molecule has 0 bridgehead atoms. The van der Waals surface area contributed by atoms with E-state index in [9.17, 15) is 14.9 Å². The van der Waals surface area contributed by atoms with Gasteiger partial charge in [-0.1, -0.05) is 6.92 Å². The number of nitrogens with one attached hydrogen (secondary N) is 1. The van der Waals surface area contributed by atoms with Crippen LogP contribution >= 0.6 is 15.9 Å². The largest absolute Gasteiger partial charge is 0.312 e. The molecule has 10 nitrogen and oxygen atoms in total. The lowest BCUT2D eigenvalue weighted by atomic mass is 10.1. The van der Waals surface area contributed by atoms with Crippen LogP contribution in [0.15, 0.2) is 15.8 Å². The first kappa shape index (κ1) is 18.8. The van der Waals surface area contributed by atoms with Crippen LogP contribution in [0.2, 0.25) is 0 Å². The Morgan fingerprint density at radius 1 is 1.56 bits per heavy atom. The Bertz CT molecular complexity index is 820. The number of carbonyl (C=O) groups is 1. The highest BCUT2D eigenvalue weighted by Gasteiger charge is 2.24. The molecular weight excluding hydrogens is 394 g/mol. The smallest absolute Gasteiger partial charge is 0.273 e. The Balaban J connectivity index is 2.02. The number of carbonyl (C=O) groups excluding carboxylic acids is 1. The Labute approximate surface area is 152 Å². The van der Waals surface area contributed by atoms with E-state index >= 15 is 0 Å². The first-order valence-electron chi connectivity index (χ1n) is 7.41. The van der Waals surface area contributed by atoms with Crippen molar-refractivity contribution < 1.29 is 9.72 Å². The van der Waals surface area contributed by atoms with Gasteiger partial charge in [0.2, 0.25) is 5.91 Å². The predicted molar refractivity (Wildman–Crippen MR) is 94.2 cm³/mol. The van der Waals surface area contributed by atoms with E-state index in [4.69, 9.17) is 0 Å². The highest BCUT2D eigenvalue weighted by molar-refractivity contribution is 9.10. The maximum absolute atomic E-state index is 12.1. The number of aryl methyl sites for hydroxylation is 2. The number of hydrogen-bond donors (Lipinski definition) is 1. The SMILES string of the molecule is Cc1nn(CC(C)C(=O)NN=Cc2c(Br)cnn2C)c(C)c1[N+](=O)[O-]. The lowest BCUT2D eigenvalue weighted by Crippen LogP contribution is -2.28. The molecule has 2 aromatic rings. The molecule has 2 heterocycles. The van der Waals surface area contributed by atoms with Gasteiger partial charge in [-0.25, -0.2) is 5.43 Å². The van der Waals surface area contributed by atoms with Gasteiger partial charge < -0.3 is 0 Å². The summed E-state index contributed by atoms with van der Waals surface area (Å²) in [6.45, 7) is 5.10. The van der Waals surface area contributed by atoms with Crippen molar-refractivity contribution in [2.75, 3.05) is 0 Å². The third-order valence-electron chi connectivity index (χ3n) is 3.72. The summed E-state index contributed by atoms with van der Waals surface area (Å²) in [5.74, 6) is -0.783. The summed E-state index contributed by atoms with van der Waals surface area (Å²) in [6, 6.07) is 0. The second kappa shape index (κ2) is 7.55. The predicted octanol–water partition coefficient (Wildman–Crippen LogP) is 1.69. The zero-order chi connectivity index (χ0) is 18.7. The van der Waals surface area contributed by atoms with Crippen molar-refractivity contribution >= 4 is 33.7 Å². The maximum Gasteiger partial charge on any atom is 0.312 e. The molecule has 0 aliphatic rings. The van der Waals surface area contributed by atoms with Gasteiger partial charge in [-0.3, -0.25) is 24.3 Å². The summed E-state index contributed by atoms with van der Waals surface area (Å²) in [5, 5.41) is 23.1. The van der Waals surface area contributed by atoms with Crippen molar-refractivity contribution in [2.24, 2.45) is 18.1 Å². The standard InChI is InChI=1S/C14H18BrN7O3/c1-8(7-21-10(3)13(22(24)25)9(2)19-21)14(23)18-16-6-12-11(15)5-17-20(12)4/h5-6,8H,7H2,1-4H3,(H,18,23). The van der Waals surface area contributed by atoms with Crippen molar-refractivity contribution in [3.05, 3.63) is 37.9 Å². The quantitative estimate of drug-likeness (QED) is 0.440. The number of amides is 1. The van der Waals surface area contributed by atoms with Crippen LogP contribution in [0.1, 0.15) is 24.0 Å². The monoisotopic (exact) mass is 411 g/mol. The zero-order valence-electron chi connectivity index (χ0n) is 14.2. The van der Waals surface area contributed by atoms with Crippen LogP contribution in [0, 0.1) is 29.9 Å². The zero-order valence-corrected chi connectivity index (χ0v) is 15.8. The van der Waals surface area contributed by atoms with E-state index in [1.807, 2.05) is 0 Å². The van der Waals surface area contributed by atoms with Gasteiger partial charge in [0, 0.05) is 7.05 Å². The fourth-order valence-corrected chi connectivity index (χ4v) is 2.75. The molecule has 1 unspecified atom stereocenters. The molecule has 134 valence electrons. The van der Waals surface area contributed by atoms with Crippen molar-refractivity contribution in [1.29, 1.82) is 0 Å². The molecule has 11 heteroatoms. The van der Waals surface area contributed by atoms with Gasteiger partial charge in [0.15, 0.2) is 0 Å².